The van der Waals surface area contributed by atoms with Gasteiger partial charge in [0.1, 0.15) is 5.69 Å². The summed E-state index contributed by atoms with van der Waals surface area (Å²) in [6, 6.07) is 7.15. The minimum absolute atomic E-state index is 0.0161. The topological polar surface area (TPSA) is 85.7 Å². The molecule has 8 heteroatoms. The first-order chi connectivity index (χ1) is 13.9. The third kappa shape index (κ3) is 4.34. The van der Waals surface area contributed by atoms with E-state index in [2.05, 4.69) is 0 Å². The van der Waals surface area contributed by atoms with Gasteiger partial charge < -0.3 is 9.30 Å². The molecule has 0 aliphatic carbocycles. The third-order valence-corrected chi connectivity index (χ3v) is 7.21. The summed E-state index contributed by atoms with van der Waals surface area (Å²) >= 11 is 0. The minimum Gasteiger partial charge on any atom is -0.464 e. The number of aromatic nitrogens is 1. The Bertz CT molecular complexity index is 1040. The van der Waals surface area contributed by atoms with Crippen LogP contribution in [0.15, 0.2) is 35.2 Å². The Labute approximate surface area is 178 Å². The molecule has 0 spiro atoms. The van der Waals surface area contributed by atoms with Crippen LogP contribution in [0.4, 0.5) is 0 Å². The van der Waals surface area contributed by atoms with Crippen LogP contribution in [-0.4, -0.2) is 48.7 Å². The number of Topliss-reactive ketones (excluding diaryl/α,β-unsaturated/α-hetero) is 1. The zero-order chi connectivity index (χ0) is 22.8. The minimum atomic E-state index is -3.88. The summed E-state index contributed by atoms with van der Waals surface area (Å²) in [5, 5.41) is 0. The van der Waals surface area contributed by atoms with Crippen molar-refractivity contribution in [2.75, 3.05) is 13.7 Å². The van der Waals surface area contributed by atoms with Gasteiger partial charge in [-0.25, -0.2) is 13.2 Å². The number of benzene rings is 1. The summed E-state index contributed by atoms with van der Waals surface area (Å²) in [5.41, 5.74) is 1.71. The number of methoxy groups -OCH3 is 1. The number of sulfonamides is 1. The molecule has 0 N–H and O–H groups in total. The molecule has 1 aromatic heterocycles. The third-order valence-electron chi connectivity index (χ3n) is 5.26. The number of hydrogen-bond acceptors (Lipinski definition) is 5. The predicted molar refractivity (Wildman–Crippen MR) is 115 cm³/mol. The van der Waals surface area contributed by atoms with Crippen molar-refractivity contribution in [3.63, 3.8) is 0 Å². The fourth-order valence-electron chi connectivity index (χ4n) is 3.62. The lowest BCUT2D eigenvalue weighted by Gasteiger charge is -2.29. The maximum atomic E-state index is 13.5. The van der Waals surface area contributed by atoms with Crippen molar-refractivity contribution in [2.24, 2.45) is 13.0 Å². The second kappa shape index (κ2) is 9.14. The highest BCUT2D eigenvalue weighted by molar-refractivity contribution is 7.89. The summed E-state index contributed by atoms with van der Waals surface area (Å²) < 4.78 is 34.4. The number of carbonyl (C=O) groups is 2. The molecule has 30 heavy (non-hydrogen) atoms. The van der Waals surface area contributed by atoms with Gasteiger partial charge in [0.2, 0.25) is 10.0 Å². The number of hydrogen-bond donors (Lipinski definition) is 0. The van der Waals surface area contributed by atoms with Gasteiger partial charge in [0.15, 0.2) is 5.78 Å². The van der Waals surface area contributed by atoms with Crippen molar-refractivity contribution in [1.29, 1.82) is 0 Å². The van der Waals surface area contributed by atoms with Crippen LogP contribution in [0.2, 0.25) is 0 Å². The number of rotatable bonds is 8. The average Bonchev–Trinajstić information content (AvgIpc) is 2.93. The van der Waals surface area contributed by atoms with Gasteiger partial charge in [0.25, 0.3) is 0 Å². The lowest BCUT2D eigenvalue weighted by Crippen LogP contribution is -2.45. The molecular weight excluding hydrogens is 404 g/mol. The van der Waals surface area contributed by atoms with Crippen LogP contribution >= 0.6 is 0 Å². The first-order valence-electron chi connectivity index (χ1n) is 9.80. The van der Waals surface area contributed by atoms with E-state index in [0.717, 1.165) is 0 Å². The molecule has 0 bridgehead atoms. The van der Waals surface area contributed by atoms with Crippen molar-refractivity contribution in [3.05, 3.63) is 52.8 Å². The highest BCUT2D eigenvalue weighted by Gasteiger charge is 2.36. The molecule has 0 unspecified atom stereocenters. The van der Waals surface area contributed by atoms with Gasteiger partial charge in [-0.3, -0.25) is 4.79 Å². The normalized spacial score (nSPS) is 13.0. The van der Waals surface area contributed by atoms with Crippen LogP contribution in [0, 0.1) is 19.8 Å². The zero-order valence-corrected chi connectivity index (χ0v) is 19.4. The van der Waals surface area contributed by atoms with Crippen molar-refractivity contribution in [3.8, 4) is 0 Å². The van der Waals surface area contributed by atoms with Crippen molar-refractivity contribution in [2.45, 2.75) is 45.6 Å². The van der Waals surface area contributed by atoms with Gasteiger partial charge in [-0.15, -0.1) is 0 Å². The Morgan fingerprint density at radius 3 is 2.17 bits per heavy atom. The Kier molecular flexibility index (Phi) is 7.26. The van der Waals surface area contributed by atoms with Gasteiger partial charge in [0, 0.05) is 24.8 Å². The Hall–Kier alpha value is -2.45. The van der Waals surface area contributed by atoms with Gasteiger partial charge >= 0.3 is 5.97 Å². The van der Waals surface area contributed by atoms with E-state index in [1.54, 1.807) is 50.6 Å². The Morgan fingerprint density at radius 2 is 1.67 bits per heavy atom. The van der Waals surface area contributed by atoms with Crippen LogP contribution in [0.25, 0.3) is 0 Å². The quantitative estimate of drug-likeness (QED) is 0.470. The second-order valence-corrected chi connectivity index (χ2v) is 9.70. The molecule has 164 valence electrons. The highest BCUT2D eigenvalue weighted by Crippen LogP contribution is 2.27. The van der Waals surface area contributed by atoms with E-state index in [9.17, 15) is 18.0 Å². The predicted octanol–water partition coefficient (Wildman–Crippen LogP) is 3.35. The van der Waals surface area contributed by atoms with Crippen LogP contribution in [0.5, 0.6) is 0 Å². The molecular formula is C22H30N2O5S. The standard InChI is InChI=1S/C22H30N2O5S/c1-14(2)13-24(30(27,28)18-11-9-8-10-12-18)17(5)21(25)19-15(3)20(22(26)29-7)23(6)16(19)4/h8-12,14,17H,13H2,1-7H3/t17-/m1/s1. The lowest BCUT2D eigenvalue weighted by atomic mass is 10.0. The van der Waals surface area contributed by atoms with E-state index in [0.29, 0.717) is 16.8 Å². The number of ether oxygens (including phenoxy) is 1. The molecule has 1 atom stereocenters. The molecule has 7 nitrogen and oxygen atoms in total. The summed E-state index contributed by atoms with van der Waals surface area (Å²) in [7, 11) is -0.918. The molecule has 0 saturated carbocycles. The van der Waals surface area contributed by atoms with Gasteiger partial charge in [-0.05, 0) is 44.4 Å². The molecule has 1 aromatic carbocycles. The largest absolute Gasteiger partial charge is 0.464 e. The second-order valence-electron chi connectivity index (χ2n) is 7.81. The lowest BCUT2D eigenvalue weighted by molar-refractivity contribution is 0.0588. The number of esters is 1. The van der Waals surface area contributed by atoms with Crippen molar-refractivity contribution in [1.82, 2.24) is 8.87 Å². The molecule has 0 aliphatic heterocycles. The fourth-order valence-corrected chi connectivity index (χ4v) is 5.40. The fraction of sp³-hybridized carbons (Fsp3) is 0.455. The summed E-state index contributed by atoms with van der Waals surface area (Å²) in [4.78, 5) is 25.8. The SMILES string of the molecule is COC(=O)c1c(C)c(C(=O)[C@@H](C)N(CC(C)C)S(=O)(=O)c2ccccc2)c(C)n1C. The summed E-state index contributed by atoms with van der Waals surface area (Å²) in [5.74, 6) is -0.876. The van der Waals surface area contributed by atoms with Gasteiger partial charge in [-0.2, -0.15) is 4.31 Å². The van der Waals surface area contributed by atoms with E-state index >= 15 is 0 Å². The van der Waals surface area contributed by atoms with Gasteiger partial charge in [0.05, 0.1) is 18.0 Å². The van der Waals surface area contributed by atoms with E-state index in [1.165, 1.54) is 23.5 Å². The van der Waals surface area contributed by atoms with E-state index in [1.807, 2.05) is 13.8 Å². The van der Waals surface area contributed by atoms with Gasteiger partial charge in [-0.1, -0.05) is 32.0 Å². The Balaban J connectivity index is 2.56. The van der Waals surface area contributed by atoms with Crippen LogP contribution in [-0.2, 0) is 21.8 Å². The molecule has 0 saturated heterocycles. The van der Waals surface area contributed by atoms with Crippen LogP contribution in [0.1, 0.15) is 52.9 Å². The van der Waals surface area contributed by atoms with E-state index in [4.69, 9.17) is 4.74 Å². The molecule has 0 radical (unpaired) electrons. The van der Waals surface area contributed by atoms with Crippen molar-refractivity contribution >= 4 is 21.8 Å². The first kappa shape index (κ1) is 23.8. The average molecular weight is 435 g/mol. The Morgan fingerprint density at radius 1 is 1.10 bits per heavy atom. The number of nitrogens with zero attached hydrogens (tertiary/aromatic N) is 2. The molecule has 2 aromatic rings. The smallest absolute Gasteiger partial charge is 0.354 e. The maximum Gasteiger partial charge on any atom is 0.354 e. The maximum absolute atomic E-state index is 13.5. The number of carbonyl (C=O) groups excluding carboxylic acids is 2. The first-order valence-corrected chi connectivity index (χ1v) is 11.2. The van der Waals surface area contributed by atoms with Crippen LogP contribution < -0.4 is 0 Å². The summed E-state index contributed by atoms with van der Waals surface area (Å²) in [6.45, 7) is 9.00. The summed E-state index contributed by atoms with van der Waals surface area (Å²) in [6.07, 6.45) is 0. The molecule has 2 rings (SSSR count). The number of ketones is 1. The molecule has 0 aliphatic rings. The van der Waals surface area contributed by atoms with Crippen molar-refractivity contribution < 1.29 is 22.7 Å². The molecule has 0 amide bonds. The molecule has 0 fully saturated rings. The van der Waals surface area contributed by atoms with Crippen LogP contribution in [0.3, 0.4) is 0 Å². The highest BCUT2D eigenvalue weighted by atomic mass is 32.2. The monoisotopic (exact) mass is 434 g/mol. The zero-order valence-electron chi connectivity index (χ0n) is 18.6. The van der Waals surface area contributed by atoms with E-state index in [-0.39, 0.29) is 28.8 Å². The van der Waals surface area contributed by atoms with E-state index < -0.39 is 22.0 Å². The molecule has 1 heterocycles.